The largest absolute Gasteiger partial charge is 0.340 e. The average molecular weight is 426 g/mol. The summed E-state index contributed by atoms with van der Waals surface area (Å²) in [6, 6.07) is 10.9. The maximum absolute atomic E-state index is 12.5. The van der Waals surface area contributed by atoms with Crippen molar-refractivity contribution >= 4 is 27.5 Å². The van der Waals surface area contributed by atoms with Crippen LogP contribution in [0.4, 0.5) is 0 Å². The number of pyridine rings is 1. The Hall–Kier alpha value is -3.00. The zero-order valence-corrected chi connectivity index (χ0v) is 16.3. The first-order valence-corrected chi connectivity index (χ1v) is 9.08. The molecule has 0 spiro atoms. The molecule has 0 unspecified atom stereocenters. The van der Waals surface area contributed by atoms with E-state index in [1.807, 2.05) is 54.9 Å². The molecule has 8 heteroatoms. The minimum absolute atomic E-state index is 0.204. The van der Waals surface area contributed by atoms with Gasteiger partial charge in [-0.05, 0) is 48.0 Å². The first-order chi connectivity index (χ1) is 12.9. The molecule has 4 aromatic rings. The van der Waals surface area contributed by atoms with Crippen LogP contribution < -0.4 is 5.32 Å². The maximum atomic E-state index is 12.5. The highest BCUT2D eigenvalue weighted by molar-refractivity contribution is 9.10. The molecule has 0 saturated carbocycles. The van der Waals surface area contributed by atoms with Crippen LogP contribution in [0.3, 0.4) is 0 Å². The molecule has 0 bridgehead atoms. The SMILES string of the molecule is CC(C)(NC(=O)c1ccccc1)c1noc(-c2cc(Br)cn3ccnc23)n1. The number of amides is 1. The van der Waals surface area contributed by atoms with Crippen LogP contribution in [0.5, 0.6) is 0 Å². The normalized spacial score (nSPS) is 11.7. The van der Waals surface area contributed by atoms with Crippen LogP contribution >= 0.6 is 15.9 Å². The number of halogens is 1. The van der Waals surface area contributed by atoms with Gasteiger partial charge in [-0.1, -0.05) is 23.4 Å². The van der Waals surface area contributed by atoms with Crippen molar-refractivity contribution in [2.75, 3.05) is 0 Å². The van der Waals surface area contributed by atoms with Gasteiger partial charge in [-0.2, -0.15) is 4.98 Å². The lowest BCUT2D eigenvalue weighted by atomic mass is 10.0. The Kier molecular flexibility index (Phi) is 4.27. The zero-order chi connectivity index (χ0) is 19.0. The zero-order valence-electron chi connectivity index (χ0n) is 14.7. The van der Waals surface area contributed by atoms with E-state index in [9.17, 15) is 4.79 Å². The van der Waals surface area contributed by atoms with Gasteiger partial charge in [0.1, 0.15) is 5.65 Å². The summed E-state index contributed by atoms with van der Waals surface area (Å²) >= 11 is 3.47. The van der Waals surface area contributed by atoms with Gasteiger partial charge in [-0.25, -0.2) is 4.98 Å². The van der Waals surface area contributed by atoms with Crippen LogP contribution in [0.15, 0.2) is 64.0 Å². The van der Waals surface area contributed by atoms with Crippen LogP contribution in [0, 0.1) is 0 Å². The van der Waals surface area contributed by atoms with E-state index in [-0.39, 0.29) is 5.91 Å². The van der Waals surface area contributed by atoms with Gasteiger partial charge < -0.3 is 14.2 Å². The van der Waals surface area contributed by atoms with E-state index in [2.05, 4.69) is 36.4 Å². The van der Waals surface area contributed by atoms with Gasteiger partial charge in [0.05, 0.1) is 11.1 Å². The Labute approximate surface area is 163 Å². The number of fused-ring (bicyclic) bond motifs is 1. The topological polar surface area (TPSA) is 85.3 Å². The predicted molar refractivity (Wildman–Crippen MR) is 103 cm³/mol. The van der Waals surface area contributed by atoms with E-state index < -0.39 is 5.54 Å². The van der Waals surface area contributed by atoms with E-state index in [0.29, 0.717) is 28.5 Å². The molecule has 136 valence electrons. The lowest BCUT2D eigenvalue weighted by Crippen LogP contribution is -2.41. The van der Waals surface area contributed by atoms with Gasteiger partial charge in [0.15, 0.2) is 5.82 Å². The molecule has 7 nitrogen and oxygen atoms in total. The summed E-state index contributed by atoms with van der Waals surface area (Å²) in [5, 5.41) is 7.02. The fraction of sp³-hybridized carbons (Fsp3) is 0.158. The molecule has 0 aliphatic heterocycles. The third kappa shape index (κ3) is 3.35. The van der Waals surface area contributed by atoms with E-state index in [1.54, 1.807) is 18.3 Å². The van der Waals surface area contributed by atoms with Crippen LogP contribution in [0.2, 0.25) is 0 Å². The number of hydrogen-bond acceptors (Lipinski definition) is 5. The molecule has 0 aliphatic carbocycles. The molecule has 0 atom stereocenters. The van der Waals surface area contributed by atoms with Crippen molar-refractivity contribution < 1.29 is 9.32 Å². The fourth-order valence-corrected chi connectivity index (χ4v) is 3.19. The second kappa shape index (κ2) is 6.62. The number of imidazole rings is 1. The number of nitrogens with one attached hydrogen (secondary N) is 1. The highest BCUT2D eigenvalue weighted by atomic mass is 79.9. The summed E-state index contributed by atoms with van der Waals surface area (Å²) in [5.41, 5.74) is 1.17. The highest BCUT2D eigenvalue weighted by Crippen LogP contribution is 2.28. The molecule has 3 aromatic heterocycles. The third-order valence-corrected chi connectivity index (χ3v) is 4.57. The van der Waals surface area contributed by atoms with Crippen LogP contribution in [-0.4, -0.2) is 25.4 Å². The molecule has 0 saturated heterocycles. The van der Waals surface area contributed by atoms with Crippen LogP contribution in [-0.2, 0) is 5.54 Å². The van der Waals surface area contributed by atoms with E-state index in [1.165, 1.54) is 0 Å². The van der Waals surface area contributed by atoms with Gasteiger partial charge in [0.25, 0.3) is 11.8 Å². The number of aromatic nitrogens is 4. The minimum atomic E-state index is -0.813. The molecule has 0 radical (unpaired) electrons. The van der Waals surface area contributed by atoms with Crippen molar-refractivity contribution in [3.05, 3.63) is 70.8 Å². The first kappa shape index (κ1) is 17.4. The number of nitrogens with zero attached hydrogens (tertiary/aromatic N) is 4. The van der Waals surface area contributed by atoms with E-state index in [4.69, 9.17) is 4.52 Å². The average Bonchev–Trinajstić information content (AvgIpc) is 3.31. The first-order valence-electron chi connectivity index (χ1n) is 8.28. The van der Waals surface area contributed by atoms with Gasteiger partial charge in [0, 0.05) is 28.6 Å². The Morgan fingerprint density at radius 1 is 1.26 bits per heavy atom. The summed E-state index contributed by atoms with van der Waals surface area (Å²) in [6.07, 6.45) is 5.44. The fourth-order valence-electron chi connectivity index (χ4n) is 2.74. The van der Waals surface area contributed by atoms with Gasteiger partial charge in [-0.15, -0.1) is 0 Å². The number of carbonyl (C=O) groups excluding carboxylic acids is 1. The summed E-state index contributed by atoms with van der Waals surface area (Å²) < 4.78 is 8.20. The van der Waals surface area contributed by atoms with Crippen molar-refractivity contribution in [3.63, 3.8) is 0 Å². The Bertz CT molecular complexity index is 1120. The number of carbonyl (C=O) groups is 1. The number of rotatable bonds is 4. The third-order valence-electron chi connectivity index (χ3n) is 4.13. The molecule has 3 heterocycles. The van der Waals surface area contributed by atoms with Crippen molar-refractivity contribution in [3.8, 4) is 11.5 Å². The molecular weight excluding hydrogens is 410 g/mol. The monoisotopic (exact) mass is 425 g/mol. The lowest BCUT2D eigenvalue weighted by molar-refractivity contribution is 0.0907. The molecule has 4 rings (SSSR count). The summed E-state index contributed by atoms with van der Waals surface area (Å²) in [4.78, 5) is 21.3. The second-order valence-corrected chi connectivity index (χ2v) is 7.51. The molecule has 27 heavy (non-hydrogen) atoms. The Morgan fingerprint density at radius 3 is 2.81 bits per heavy atom. The van der Waals surface area contributed by atoms with Gasteiger partial charge in [0.2, 0.25) is 0 Å². The molecular formula is C19H16BrN5O2. The van der Waals surface area contributed by atoms with E-state index >= 15 is 0 Å². The number of benzene rings is 1. The van der Waals surface area contributed by atoms with Gasteiger partial charge >= 0.3 is 0 Å². The van der Waals surface area contributed by atoms with Gasteiger partial charge in [-0.3, -0.25) is 4.79 Å². The second-order valence-electron chi connectivity index (χ2n) is 6.60. The minimum Gasteiger partial charge on any atom is -0.340 e. The highest BCUT2D eigenvalue weighted by Gasteiger charge is 2.30. The van der Waals surface area contributed by atoms with Crippen molar-refractivity contribution in [2.45, 2.75) is 19.4 Å². The maximum Gasteiger partial charge on any atom is 0.261 e. The molecule has 1 aromatic carbocycles. The molecule has 0 aliphatic rings. The van der Waals surface area contributed by atoms with Crippen molar-refractivity contribution in [1.29, 1.82) is 0 Å². The quantitative estimate of drug-likeness (QED) is 0.537. The Morgan fingerprint density at radius 2 is 2.04 bits per heavy atom. The standard InChI is InChI=1S/C19H16BrN5O2/c1-19(2,23-16(26)12-6-4-3-5-7-12)18-22-17(27-24-18)14-10-13(20)11-25-9-8-21-15(14)25/h3-11H,1-2H3,(H,23,26). The lowest BCUT2D eigenvalue weighted by Gasteiger charge is -2.22. The summed E-state index contributed by atoms with van der Waals surface area (Å²) in [6.45, 7) is 3.66. The predicted octanol–water partition coefficient (Wildman–Crippen LogP) is 3.81. The van der Waals surface area contributed by atoms with Crippen LogP contribution in [0.1, 0.15) is 30.0 Å². The van der Waals surface area contributed by atoms with Crippen molar-refractivity contribution in [1.82, 2.24) is 24.8 Å². The Balaban J connectivity index is 1.65. The number of hydrogen-bond donors (Lipinski definition) is 1. The summed E-state index contributed by atoms with van der Waals surface area (Å²) in [7, 11) is 0. The smallest absolute Gasteiger partial charge is 0.261 e. The molecule has 1 N–H and O–H groups in total. The van der Waals surface area contributed by atoms with Crippen LogP contribution in [0.25, 0.3) is 17.1 Å². The molecule has 1 amide bonds. The summed E-state index contributed by atoms with van der Waals surface area (Å²) in [5.74, 6) is 0.515. The van der Waals surface area contributed by atoms with E-state index in [0.717, 1.165) is 4.47 Å². The van der Waals surface area contributed by atoms with Crippen molar-refractivity contribution in [2.24, 2.45) is 0 Å². The molecule has 0 fully saturated rings.